The van der Waals surface area contributed by atoms with Crippen molar-refractivity contribution in [3.05, 3.63) is 23.8 Å². The number of aliphatic hydroxyl groups excluding tert-OH is 1. The maximum absolute atomic E-state index is 11.7. The fraction of sp³-hybridized carbons (Fsp3) is 0.462. The highest BCUT2D eigenvalue weighted by molar-refractivity contribution is 5.90. The second kappa shape index (κ2) is 7.55. The molecule has 5 heteroatoms. The Labute approximate surface area is 106 Å². The lowest BCUT2D eigenvalue weighted by atomic mass is 10.2. The lowest BCUT2D eigenvalue weighted by Crippen LogP contribution is -2.07. The van der Waals surface area contributed by atoms with Gasteiger partial charge in [-0.15, -0.1) is 0 Å². The van der Waals surface area contributed by atoms with Gasteiger partial charge in [0.15, 0.2) is 0 Å². The summed E-state index contributed by atoms with van der Waals surface area (Å²) in [4.78, 5) is 11.7. The first-order valence-electron chi connectivity index (χ1n) is 5.72. The molecule has 0 amide bonds. The number of rotatable bonds is 7. The molecule has 0 unspecified atom stereocenters. The third-order valence-electron chi connectivity index (χ3n) is 2.37. The zero-order valence-corrected chi connectivity index (χ0v) is 10.6. The van der Waals surface area contributed by atoms with Gasteiger partial charge in [-0.25, -0.2) is 4.79 Å². The van der Waals surface area contributed by atoms with E-state index in [1.165, 1.54) is 14.2 Å². The van der Waals surface area contributed by atoms with Crippen LogP contribution in [-0.2, 0) is 4.74 Å². The molecular weight excluding hydrogens is 236 g/mol. The summed E-state index contributed by atoms with van der Waals surface area (Å²) in [7, 11) is 3.04. The van der Waals surface area contributed by atoms with Crippen LogP contribution in [0.5, 0.6) is 11.5 Å². The molecule has 0 aromatic heterocycles. The molecule has 0 fully saturated rings. The Morgan fingerprint density at radius 1 is 1.11 bits per heavy atom. The van der Waals surface area contributed by atoms with Crippen molar-refractivity contribution in [3.63, 3.8) is 0 Å². The van der Waals surface area contributed by atoms with E-state index in [1.54, 1.807) is 18.2 Å². The maximum Gasteiger partial charge on any atom is 0.338 e. The van der Waals surface area contributed by atoms with Gasteiger partial charge >= 0.3 is 5.97 Å². The lowest BCUT2D eigenvalue weighted by Gasteiger charge is -2.08. The molecule has 1 N–H and O–H groups in total. The quantitative estimate of drug-likeness (QED) is 0.592. The summed E-state index contributed by atoms with van der Waals surface area (Å²) >= 11 is 0. The number of ether oxygens (including phenoxy) is 3. The second-order valence-electron chi connectivity index (χ2n) is 3.67. The zero-order chi connectivity index (χ0) is 13.4. The minimum Gasteiger partial charge on any atom is -0.497 e. The van der Waals surface area contributed by atoms with Crippen molar-refractivity contribution in [2.75, 3.05) is 27.4 Å². The normalized spacial score (nSPS) is 9.94. The molecule has 18 heavy (non-hydrogen) atoms. The van der Waals surface area contributed by atoms with Crippen LogP contribution in [0.1, 0.15) is 23.2 Å². The molecular formula is C13H18O5. The SMILES string of the molecule is COc1cc(OC)cc(C(=O)OCCCCO)c1. The van der Waals surface area contributed by atoms with Gasteiger partial charge in [-0.3, -0.25) is 0 Å². The van der Waals surface area contributed by atoms with Gasteiger partial charge in [0.1, 0.15) is 11.5 Å². The van der Waals surface area contributed by atoms with Crippen LogP contribution in [0.3, 0.4) is 0 Å². The highest BCUT2D eigenvalue weighted by Gasteiger charge is 2.10. The van der Waals surface area contributed by atoms with Gasteiger partial charge in [0.2, 0.25) is 0 Å². The van der Waals surface area contributed by atoms with Crippen LogP contribution in [0, 0.1) is 0 Å². The van der Waals surface area contributed by atoms with Crippen LogP contribution in [0.4, 0.5) is 0 Å². The van der Waals surface area contributed by atoms with Gasteiger partial charge in [0.05, 0.1) is 26.4 Å². The summed E-state index contributed by atoms with van der Waals surface area (Å²) in [5.74, 6) is 0.651. The summed E-state index contributed by atoms with van der Waals surface area (Å²) in [6.45, 7) is 0.392. The average Bonchev–Trinajstić information content (AvgIpc) is 2.42. The number of aliphatic hydroxyl groups is 1. The summed E-state index contributed by atoms with van der Waals surface area (Å²) < 4.78 is 15.2. The van der Waals surface area contributed by atoms with Gasteiger partial charge in [0.25, 0.3) is 0 Å². The third kappa shape index (κ3) is 4.25. The molecule has 0 spiro atoms. The topological polar surface area (TPSA) is 65.0 Å². The number of esters is 1. The maximum atomic E-state index is 11.7. The largest absolute Gasteiger partial charge is 0.497 e. The number of hydrogen-bond acceptors (Lipinski definition) is 5. The Balaban J connectivity index is 2.66. The molecule has 1 rings (SSSR count). The minimum absolute atomic E-state index is 0.102. The van der Waals surface area contributed by atoms with E-state index in [1.807, 2.05) is 0 Å². The predicted octanol–water partition coefficient (Wildman–Crippen LogP) is 1.63. The molecule has 0 bridgehead atoms. The van der Waals surface area contributed by atoms with Gasteiger partial charge < -0.3 is 19.3 Å². The smallest absolute Gasteiger partial charge is 0.338 e. The molecule has 1 aromatic rings. The van der Waals surface area contributed by atoms with Gasteiger partial charge in [0, 0.05) is 12.7 Å². The van der Waals surface area contributed by atoms with E-state index in [4.69, 9.17) is 19.3 Å². The van der Waals surface area contributed by atoms with E-state index in [9.17, 15) is 4.79 Å². The first-order valence-corrected chi connectivity index (χ1v) is 5.72. The lowest BCUT2D eigenvalue weighted by molar-refractivity contribution is 0.0492. The Kier molecular flexibility index (Phi) is 6.00. The highest BCUT2D eigenvalue weighted by atomic mass is 16.5. The van der Waals surface area contributed by atoms with Crippen LogP contribution >= 0.6 is 0 Å². The molecule has 0 heterocycles. The second-order valence-corrected chi connectivity index (χ2v) is 3.67. The first-order chi connectivity index (χ1) is 8.71. The number of benzene rings is 1. The molecule has 0 saturated heterocycles. The van der Waals surface area contributed by atoms with E-state index in [0.717, 1.165) is 0 Å². The molecule has 0 saturated carbocycles. The summed E-state index contributed by atoms with van der Waals surface area (Å²) in [5, 5.41) is 8.61. The number of carbonyl (C=O) groups excluding carboxylic acids is 1. The van der Waals surface area contributed by atoms with Crippen molar-refractivity contribution in [1.82, 2.24) is 0 Å². The van der Waals surface area contributed by atoms with Gasteiger partial charge in [-0.05, 0) is 25.0 Å². The number of hydrogen-bond donors (Lipinski definition) is 1. The van der Waals surface area contributed by atoms with Crippen molar-refractivity contribution in [2.24, 2.45) is 0 Å². The standard InChI is InChI=1S/C13H18O5/c1-16-11-7-10(8-12(9-11)17-2)13(15)18-6-4-3-5-14/h7-9,14H,3-6H2,1-2H3. The molecule has 0 atom stereocenters. The molecule has 1 aromatic carbocycles. The first kappa shape index (κ1) is 14.3. The zero-order valence-electron chi connectivity index (χ0n) is 10.6. The minimum atomic E-state index is -0.426. The molecule has 0 radical (unpaired) electrons. The number of unbranched alkanes of at least 4 members (excludes halogenated alkanes) is 1. The predicted molar refractivity (Wildman–Crippen MR) is 66.1 cm³/mol. The fourth-order valence-corrected chi connectivity index (χ4v) is 1.39. The van der Waals surface area contributed by atoms with Gasteiger partial charge in [-0.2, -0.15) is 0 Å². The molecule has 0 aliphatic carbocycles. The Morgan fingerprint density at radius 3 is 2.22 bits per heavy atom. The van der Waals surface area contributed by atoms with E-state index < -0.39 is 5.97 Å². The molecule has 0 aliphatic rings. The molecule has 5 nitrogen and oxygen atoms in total. The van der Waals surface area contributed by atoms with Crippen LogP contribution in [0.2, 0.25) is 0 Å². The summed E-state index contributed by atoms with van der Waals surface area (Å²) in [5.41, 5.74) is 0.384. The summed E-state index contributed by atoms with van der Waals surface area (Å²) in [6.07, 6.45) is 1.26. The monoisotopic (exact) mass is 254 g/mol. The van der Waals surface area contributed by atoms with Gasteiger partial charge in [-0.1, -0.05) is 0 Å². The highest BCUT2D eigenvalue weighted by Crippen LogP contribution is 2.22. The van der Waals surface area contributed by atoms with E-state index in [0.29, 0.717) is 36.5 Å². The number of methoxy groups -OCH3 is 2. The average molecular weight is 254 g/mol. The van der Waals surface area contributed by atoms with Crippen molar-refractivity contribution in [2.45, 2.75) is 12.8 Å². The van der Waals surface area contributed by atoms with Crippen molar-refractivity contribution < 1.29 is 24.1 Å². The third-order valence-corrected chi connectivity index (χ3v) is 2.37. The van der Waals surface area contributed by atoms with Crippen molar-refractivity contribution >= 4 is 5.97 Å². The summed E-state index contributed by atoms with van der Waals surface area (Å²) in [6, 6.07) is 4.87. The fourth-order valence-electron chi connectivity index (χ4n) is 1.39. The van der Waals surface area contributed by atoms with Crippen LogP contribution in [0.15, 0.2) is 18.2 Å². The van der Waals surface area contributed by atoms with Crippen molar-refractivity contribution in [3.8, 4) is 11.5 Å². The Hall–Kier alpha value is -1.75. The van der Waals surface area contributed by atoms with E-state index in [2.05, 4.69) is 0 Å². The Morgan fingerprint density at radius 2 is 1.72 bits per heavy atom. The number of carbonyl (C=O) groups is 1. The molecule has 0 aliphatic heterocycles. The van der Waals surface area contributed by atoms with E-state index >= 15 is 0 Å². The van der Waals surface area contributed by atoms with Crippen molar-refractivity contribution in [1.29, 1.82) is 0 Å². The Bertz CT molecular complexity index is 367. The van der Waals surface area contributed by atoms with Crippen LogP contribution in [0.25, 0.3) is 0 Å². The van der Waals surface area contributed by atoms with E-state index in [-0.39, 0.29) is 6.61 Å². The molecule has 100 valence electrons. The van der Waals surface area contributed by atoms with Crippen LogP contribution in [-0.4, -0.2) is 38.5 Å². The van der Waals surface area contributed by atoms with Crippen LogP contribution < -0.4 is 9.47 Å².